The summed E-state index contributed by atoms with van der Waals surface area (Å²) < 4.78 is 13.2. The van der Waals surface area contributed by atoms with Crippen molar-refractivity contribution in [3.63, 3.8) is 0 Å². The molecule has 0 unspecified atom stereocenters. The second kappa shape index (κ2) is 4.77. The molecule has 0 aliphatic carbocycles. The minimum atomic E-state index is -0.427. The van der Waals surface area contributed by atoms with E-state index >= 15 is 0 Å². The third-order valence-corrected chi connectivity index (χ3v) is 3.97. The predicted molar refractivity (Wildman–Crippen MR) is 68.9 cm³/mol. The molecule has 0 aliphatic rings. The highest BCUT2D eigenvalue weighted by Gasteiger charge is 2.18. The van der Waals surface area contributed by atoms with Crippen molar-refractivity contribution in [1.29, 1.82) is 0 Å². The number of benzene rings is 1. The van der Waals surface area contributed by atoms with Gasteiger partial charge in [-0.05, 0) is 36.1 Å². The standard InChI is InChI=1S/C12H7Cl2FOS/c1-6-4-7(9(14)5-10(6)15)11(16)12-8(13)2-3-17-12/h2-5H,1H3. The van der Waals surface area contributed by atoms with Crippen LogP contribution in [-0.2, 0) is 0 Å². The first kappa shape index (κ1) is 12.6. The smallest absolute Gasteiger partial charge is 0.205 e. The Hall–Kier alpha value is -0.900. The van der Waals surface area contributed by atoms with Gasteiger partial charge in [-0.15, -0.1) is 11.3 Å². The fourth-order valence-corrected chi connectivity index (χ4v) is 2.74. The van der Waals surface area contributed by atoms with Gasteiger partial charge in [0, 0.05) is 5.56 Å². The molecule has 0 fully saturated rings. The molecule has 1 heterocycles. The van der Waals surface area contributed by atoms with Crippen LogP contribution < -0.4 is 0 Å². The predicted octanol–water partition coefficient (Wildman–Crippen LogP) is 4.73. The first-order chi connectivity index (χ1) is 8.00. The van der Waals surface area contributed by atoms with Gasteiger partial charge in [-0.3, -0.25) is 4.79 Å². The highest BCUT2D eigenvalue weighted by Crippen LogP contribution is 2.29. The Morgan fingerprint density at radius 1 is 1.29 bits per heavy atom. The zero-order chi connectivity index (χ0) is 12.6. The molecule has 2 rings (SSSR count). The van der Waals surface area contributed by atoms with Crippen LogP contribution in [0.4, 0.5) is 4.39 Å². The average Bonchev–Trinajstić information content (AvgIpc) is 2.69. The fourth-order valence-electron chi connectivity index (χ4n) is 1.41. The molecule has 5 heteroatoms. The monoisotopic (exact) mass is 288 g/mol. The van der Waals surface area contributed by atoms with Crippen LogP contribution in [0.3, 0.4) is 0 Å². The normalized spacial score (nSPS) is 10.6. The SMILES string of the molecule is Cc1cc(C(=O)c2sccc2Cl)c(Cl)cc1F. The molecule has 1 aromatic carbocycles. The van der Waals surface area contributed by atoms with Crippen molar-refractivity contribution in [3.05, 3.63) is 55.4 Å². The molecule has 0 radical (unpaired) electrons. The molecule has 0 saturated carbocycles. The molecular weight excluding hydrogens is 282 g/mol. The van der Waals surface area contributed by atoms with Crippen LogP contribution in [0.5, 0.6) is 0 Å². The fraction of sp³-hybridized carbons (Fsp3) is 0.0833. The molecule has 17 heavy (non-hydrogen) atoms. The van der Waals surface area contributed by atoms with Crippen LogP contribution >= 0.6 is 34.5 Å². The van der Waals surface area contributed by atoms with Gasteiger partial charge in [0.25, 0.3) is 0 Å². The van der Waals surface area contributed by atoms with Gasteiger partial charge >= 0.3 is 0 Å². The Bertz CT molecular complexity index is 592. The van der Waals surface area contributed by atoms with E-state index in [1.54, 1.807) is 18.4 Å². The lowest BCUT2D eigenvalue weighted by atomic mass is 10.1. The molecule has 0 aliphatic heterocycles. The van der Waals surface area contributed by atoms with Crippen molar-refractivity contribution in [3.8, 4) is 0 Å². The van der Waals surface area contributed by atoms with Gasteiger partial charge in [-0.25, -0.2) is 4.39 Å². The Balaban J connectivity index is 2.52. The lowest BCUT2D eigenvalue weighted by Crippen LogP contribution is -2.02. The lowest BCUT2D eigenvalue weighted by Gasteiger charge is -2.05. The number of thiophene rings is 1. The number of hydrogen-bond donors (Lipinski definition) is 0. The van der Waals surface area contributed by atoms with Gasteiger partial charge in [0.1, 0.15) is 5.82 Å². The maximum absolute atomic E-state index is 13.2. The summed E-state index contributed by atoms with van der Waals surface area (Å²) in [5, 5.41) is 2.21. The van der Waals surface area contributed by atoms with Crippen LogP contribution in [0.25, 0.3) is 0 Å². The Kier molecular flexibility index (Phi) is 3.52. The summed E-state index contributed by atoms with van der Waals surface area (Å²) in [6.07, 6.45) is 0. The van der Waals surface area contributed by atoms with Crippen molar-refractivity contribution in [2.45, 2.75) is 6.92 Å². The van der Waals surface area contributed by atoms with Crippen LogP contribution in [0.15, 0.2) is 23.6 Å². The van der Waals surface area contributed by atoms with Crippen molar-refractivity contribution >= 4 is 40.3 Å². The number of ketones is 1. The van der Waals surface area contributed by atoms with Gasteiger partial charge in [-0.1, -0.05) is 23.2 Å². The molecule has 1 nitrogen and oxygen atoms in total. The number of halogens is 3. The van der Waals surface area contributed by atoms with Crippen molar-refractivity contribution in [2.75, 3.05) is 0 Å². The maximum atomic E-state index is 13.2. The summed E-state index contributed by atoms with van der Waals surface area (Å²) >= 11 is 13.0. The zero-order valence-electron chi connectivity index (χ0n) is 8.76. The Morgan fingerprint density at radius 2 is 2.00 bits per heavy atom. The number of aryl methyl sites for hydroxylation is 1. The molecule has 1 aromatic heterocycles. The summed E-state index contributed by atoms with van der Waals surface area (Å²) in [6.45, 7) is 1.58. The third kappa shape index (κ3) is 2.37. The van der Waals surface area contributed by atoms with E-state index in [-0.39, 0.29) is 16.4 Å². The van der Waals surface area contributed by atoms with Crippen molar-refractivity contribution < 1.29 is 9.18 Å². The highest BCUT2D eigenvalue weighted by molar-refractivity contribution is 7.13. The number of carbonyl (C=O) groups excluding carboxylic acids is 1. The molecular formula is C12H7Cl2FOS. The summed E-state index contributed by atoms with van der Waals surface area (Å²) in [6, 6.07) is 4.23. The molecule has 0 spiro atoms. The van der Waals surface area contributed by atoms with Gasteiger partial charge in [0.15, 0.2) is 0 Å². The molecule has 0 bridgehead atoms. The first-order valence-corrected chi connectivity index (χ1v) is 6.37. The van der Waals surface area contributed by atoms with E-state index in [0.29, 0.717) is 15.5 Å². The number of hydrogen-bond acceptors (Lipinski definition) is 2. The maximum Gasteiger partial charge on any atom is 0.205 e. The van der Waals surface area contributed by atoms with E-state index in [9.17, 15) is 9.18 Å². The van der Waals surface area contributed by atoms with Crippen molar-refractivity contribution in [1.82, 2.24) is 0 Å². The lowest BCUT2D eigenvalue weighted by molar-refractivity contribution is 0.104. The minimum absolute atomic E-state index is 0.0996. The Labute approximate surface area is 112 Å². The number of rotatable bonds is 2. The average molecular weight is 289 g/mol. The highest BCUT2D eigenvalue weighted by atomic mass is 35.5. The van der Waals surface area contributed by atoms with E-state index < -0.39 is 5.82 Å². The summed E-state index contributed by atoms with van der Waals surface area (Å²) in [5.41, 5.74) is 0.653. The van der Waals surface area contributed by atoms with E-state index in [2.05, 4.69) is 0 Å². The van der Waals surface area contributed by atoms with Crippen LogP contribution in [-0.4, -0.2) is 5.78 Å². The molecule has 88 valence electrons. The van der Waals surface area contributed by atoms with Crippen LogP contribution in [0.1, 0.15) is 20.8 Å². The number of carbonyl (C=O) groups is 1. The van der Waals surface area contributed by atoms with E-state index in [1.165, 1.54) is 17.4 Å². The third-order valence-electron chi connectivity index (χ3n) is 2.32. The minimum Gasteiger partial charge on any atom is -0.288 e. The summed E-state index contributed by atoms with van der Waals surface area (Å²) in [5.74, 6) is -0.707. The second-order valence-corrected chi connectivity index (χ2v) is 5.24. The van der Waals surface area contributed by atoms with E-state index in [4.69, 9.17) is 23.2 Å². The first-order valence-electron chi connectivity index (χ1n) is 4.74. The largest absolute Gasteiger partial charge is 0.288 e. The molecule has 0 N–H and O–H groups in total. The molecule has 0 saturated heterocycles. The van der Waals surface area contributed by atoms with E-state index in [0.717, 1.165) is 6.07 Å². The summed E-state index contributed by atoms with van der Waals surface area (Å²) in [7, 11) is 0. The van der Waals surface area contributed by atoms with E-state index in [1.807, 2.05) is 0 Å². The quantitative estimate of drug-likeness (QED) is 0.730. The molecule has 2 aromatic rings. The van der Waals surface area contributed by atoms with Gasteiger partial charge in [-0.2, -0.15) is 0 Å². The van der Waals surface area contributed by atoms with Gasteiger partial charge < -0.3 is 0 Å². The van der Waals surface area contributed by atoms with Crippen LogP contribution in [0, 0.1) is 12.7 Å². The topological polar surface area (TPSA) is 17.1 Å². The summed E-state index contributed by atoms with van der Waals surface area (Å²) in [4.78, 5) is 12.5. The Morgan fingerprint density at radius 3 is 2.59 bits per heavy atom. The van der Waals surface area contributed by atoms with Crippen LogP contribution in [0.2, 0.25) is 10.0 Å². The van der Waals surface area contributed by atoms with Gasteiger partial charge in [0.05, 0.1) is 14.9 Å². The zero-order valence-corrected chi connectivity index (χ0v) is 11.1. The van der Waals surface area contributed by atoms with Gasteiger partial charge in [0.2, 0.25) is 5.78 Å². The molecule has 0 amide bonds. The van der Waals surface area contributed by atoms with Crippen molar-refractivity contribution in [2.24, 2.45) is 0 Å². The second-order valence-electron chi connectivity index (χ2n) is 3.51. The molecule has 0 atom stereocenters.